The van der Waals surface area contributed by atoms with Crippen LogP contribution in [0.4, 0.5) is 0 Å². The van der Waals surface area contributed by atoms with Gasteiger partial charge in [0.15, 0.2) is 0 Å². The highest BCUT2D eigenvalue weighted by Crippen LogP contribution is 2.19. The Morgan fingerprint density at radius 3 is 2.53 bits per heavy atom. The second kappa shape index (κ2) is 7.65. The van der Waals surface area contributed by atoms with Gasteiger partial charge in [-0.05, 0) is 46.1 Å². The van der Waals surface area contributed by atoms with Gasteiger partial charge in [-0.3, -0.25) is 4.79 Å². The Morgan fingerprint density at radius 1 is 1.47 bits per heavy atom. The van der Waals surface area contributed by atoms with E-state index in [2.05, 4.69) is 32.4 Å². The van der Waals surface area contributed by atoms with Crippen LogP contribution in [0.1, 0.15) is 33.1 Å². The van der Waals surface area contributed by atoms with Crippen LogP contribution < -0.4 is 5.73 Å². The molecule has 0 aromatic rings. The van der Waals surface area contributed by atoms with Crippen LogP contribution in [0.5, 0.6) is 0 Å². The number of hydrogen-bond donors (Lipinski definition) is 1. The summed E-state index contributed by atoms with van der Waals surface area (Å²) in [6.07, 6.45) is 4.45. The standard InChI is InChI=1S/C15H29N3O/c1-5-6-14(16)15(19)18-9-7-13(8-10-18)11-17(4)12(2)3/h5,12-14H,1,6-11,16H2,2-4H3. The number of rotatable bonds is 6. The first-order valence-corrected chi connectivity index (χ1v) is 7.31. The lowest BCUT2D eigenvalue weighted by Gasteiger charge is -2.35. The van der Waals surface area contributed by atoms with E-state index in [0.29, 0.717) is 18.4 Å². The van der Waals surface area contributed by atoms with E-state index in [1.165, 1.54) is 0 Å². The van der Waals surface area contributed by atoms with Gasteiger partial charge in [0.25, 0.3) is 0 Å². The Bertz CT molecular complexity index is 296. The summed E-state index contributed by atoms with van der Waals surface area (Å²) in [5, 5.41) is 0. The Hall–Kier alpha value is -0.870. The Balaban J connectivity index is 2.36. The van der Waals surface area contributed by atoms with Crippen molar-refractivity contribution in [3.8, 4) is 0 Å². The Kier molecular flexibility index (Phi) is 6.52. The molecule has 0 spiro atoms. The Labute approximate surface area is 117 Å². The molecule has 2 N–H and O–H groups in total. The third kappa shape index (κ3) is 4.96. The lowest BCUT2D eigenvalue weighted by molar-refractivity contribution is -0.134. The number of carbonyl (C=O) groups excluding carboxylic acids is 1. The summed E-state index contributed by atoms with van der Waals surface area (Å²) in [5.74, 6) is 0.780. The summed E-state index contributed by atoms with van der Waals surface area (Å²) < 4.78 is 0. The number of amides is 1. The molecule has 0 aromatic carbocycles. The summed E-state index contributed by atoms with van der Waals surface area (Å²) >= 11 is 0. The first-order valence-electron chi connectivity index (χ1n) is 7.31. The fraction of sp³-hybridized carbons (Fsp3) is 0.800. The quantitative estimate of drug-likeness (QED) is 0.741. The average Bonchev–Trinajstić information content (AvgIpc) is 2.39. The van der Waals surface area contributed by atoms with Gasteiger partial charge < -0.3 is 15.5 Å². The van der Waals surface area contributed by atoms with Gasteiger partial charge in [-0.25, -0.2) is 0 Å². The molecule has 19 heavy (non-hydrogen) atoms. The summed E-state index contributed by atoms with van der Waals surface area (Å²) in [5.41, 5.74) is 5.84. The van der Waals surface area contributed by atoms with Crippen molar-refractivity contribution in [1.82, 2.24) is 9.80 Å². The number of piperidine rings is 1. The first-order chi connectivity index (χ1) is 8.95. The predicted octanol–water partition coefficient (Wildman–Crippen LogP) is 1.47. The fourth-order valence-corrected chi connectivity index (χ4v) is 2.47. The summed E-state index contributed by atoms with van der Waals surface area (Å²) in [6.45, 7) is 10.9. The van der Waals surface area contributed by atoms with Crippen LogP contribution in [-0.2, 0) is 4.79 Å². The molecule has 0 bridgehead atoms. The van der Waals surface area contributed by atoms with Crippen molar-refractivity contribution in [3.63, 3.8) is 0 Å². The molecule has 1 rings (SSSR count). The topological polar surface area (TPSA) is 49.6 Å². The van der Waals surface area contributed by atoms with E-state index in [4.69, 9.17) is 5.73 Å². The van der Waals surface area contributed by atoms with E-state index in [1.807, 2.05) is 4.90 Å². The fourth-order valence-electron chi connectivity index (χ4n) is 2.47. The first kappa shape index (κ1) is 16.2. The van der Waals surface area contributed by atoms with Crippen molar-refractivity contribution in [2.75, 3.05) is 26.7 Å². The lowest BCUT2D eigenvalue weighted by atomic mass is 9.95. The molecule has 1 aliphatic heterocycles. The van der Waals surface area contributed by atoms with Gasteiger partial charge in [-0.2, -0.15) is 0 Å². The molecular weight excluding hydrogens is 238 g/mol. The van der Waals surface area contributed by atoms with Gasteiger partial charge in [-0.15, -0.1) is 6.58 Å². The van der Waals surface area contributed by atoms with Crippen LogP contribution in [-0.4, -0.2) is 54.5 Å². The predicted molar refractivity (Wildman–Crippen MR) is 79.9 cm³/mol. The van der Waals surface area contributed by atoms with E-state index in [0.717, 1.165) is 32.5 Å². The van der Waals surface area contributed by atoms with Crippen molar-refractivity contribution >= 4 is 5.91 Å². The maximum absolute atomic E-state index is 12.1. The molecule has 1 atom stereocenters. The second-order valence-corrected chi connectivity index (χ2v) is 5.93. The molecule has 1 aliphatic rings. The number of hydrogen-bond acceptors (Lipinski definition) is 3. The van der Waals surface area contributed by atoms with Crippen LogP contribution in [0, 0.1) is 5.92 Å². The number of carbonyl (C=O) groups is 1. The van der Waals surface area contributed by atoms with Crippen molar-refractivity contribution in [1.29, 1.82) is 0 Å². The van der Waals surface area contributed by atoms with E-state index < -0.39 is 6.04 Å². The van der Waals surface area contributed by atoms with Crippen molar-refractivity contribution in [2.24, 2.45) is 11.7 Å². The summed E-state index contributed by atoms with van der Waals surface area (Å²) in [4.78, 5) is 16.4. The van der Waals surface area contributed by atoms with Crippen LogP contribution in [0.3, 0.4) is 0 Å². The van der Waals surface area contributed by atoms with Crippen molar-refractivity contribution in [3.05, 3.63) is 12.7 Å². The van der Waals surface area contributed by atoms with E-state index in [1.54, 1.807) is 6.08 Å². The molecule has 0 radical (unpaired) electrons. The van der Waals surface area contributed by atoms with E-state index in [-0.39, 0.29) is 5.91 Å². The van der Waals surface area contributed by atoms with Gasteiger partial charge in [0.1, 0.15) is 0 Å². The molecule has 0 aromatic heterocycles. The zero-order valence-electron chi connectivity index (χ0n) is 12.6. The Morgan fingerprint density at radius 2 is 2.05 bits per heavy atom. The van der Waals surface area contributed by atoms with E-state index >= 15 is 0 Å². The van der Waals surface area contributed by atoms with Crippen molar-refractivity contribution < 1.29 is 4.79 Å². The van der Waals surface area contributed by atoms with Gasteiger partial charge >= 0.3 is 0 Å². The zero-order valence-corrected chi connectivity index (χ0v) is 12.6. The molecule has 1 heterocycles. The highest BCUT2D eigenvalue weighted by Gasteiger charge is 2.26. The largest absolute Gasteiger partial charge is 0.341 e. The van der Waals surface area contributed by atoms with Gasteiger partial charge in [0.05, 0.1) is 6.04 Å². The molecule has 110 valence electrons. The summed E-state index contributed by atoms with van der Waals surface area (Å²) in [6, 6.07) is 0.174. The lowest BCUT2D eigenvalue weighted by Crippen LogP contribution is -2.48. The molecule has 1 saturated heterocycles. The molecule has 4 nitrogen and oxygen atoms in total. The van der Waals surface area contributed by atoms with Gasteiger partial charge in [-0.1, -0.05) is 6.08 Å². The monoisotopic (exact) mass is 267 g/mol. The number of nitrogens with zero attached hydrogens (tertiary/aromatic N) is 2. The minimum Gasteiger partial charge on any atom is -0.341 e. The van der Waals surface area contributed by atoms with Gasteiger partial charge in [0, 0.05) is 25.7 Å². The normalized spacial score (nSPS) is 18.9. The third-order valence-corrected chi connectivity index (χ3v) is 4.09. The van der Waals surface area contributed by atoms with Gasteiger partial charge in [0.2, 0.25) is 5.91 Å². The highest BCUT2D eigenvalue weighted by molar-refractivity contribution is 5.81. The van der Waals surface area contributed by atoms with Crippen LogP contribution in [0.2, 0.25) is 0 Å². The minimum absolute atomic E-state index is 0.0792. The van der Waals surface area contributed by atoms with Crippen LogP contribution >= 0.6 is 0 Å². The summed E-state index contributed by atoms with van der Waals surface area (Å²) in [7, 11) is 2.17. The molecular formula is C15H29N3O. The minimum atomic E-state index is -0.410. The molecule has 1 amide bonds. The molecule has 0 saturated carbocycles. The van der Waals surface area contributed by atoms with Crippen LogP contribution in [0.15, 0.2) is 12.7 Å². The number of likely N-dealkylation sites (tertiary alicyclic amines) is 1. The van der Waals surface area contributed by atoms with Crippen molar-refractivity contribution in [2.45, 2.75) is 45.2 Å². The SMILES string of the molecule is C=CCC(N)C(=O)N1CCC(CN(C)C(C)C)CC1. The maximum Gasteiger partial charge on any atom is 0.239 e. The molecule has 4 heteroatoms. The third-order valence-electron chi connectivity index (χ3n) is 4.09. The molecule has 1 unspecified atom stereocenters. The molecule has 0 aliphatic carbocycles. The number of nitrogens with two attached hydrogens (primary N) is 1. The highest BCUT2D eigenvalue weighted by atomic mass is 16.2. The van der Waals surface area contributed by atoms with E-state index in [9.17, 15) is 4.79 Å². The molecule has 1 fully saturated rings. The second-order valence-electron chi connectivity index (χ2n) is 5.93. The smallest absolute Gasteiger partial charge is 0.239 e. The maximum atomic E-state index is 12.1. The zero-order chi connectivity index (χ0) is 14.4. The van der Waals surface area contributed by atoms with Crippen LogP contribution in [0.25, 0.3) is 0 Å². The average molecular weight is 267 g/mol.